The maximum absolute atomic E-state index is 11.7. The average molecular weight is 268 g/mol. The number of benzene rings is 1. The smallest absolute Gasteiger partial charge is 0.262 e. The number of ether oxygens (including phenoxy) is 1. The fraction of sp³-hybridized carbons (Fsp3) is 0.143. The van der Waals surface area contributed by atoms with Crippen LogP contribution in [0.2, 0.25) is 0 Å². The highest BCUT2D eigenvalue weighted by atomic mass is 16.5. The number of anilines is 1. The van der Waals surface area contributed by atoms with Crippen molar-refractivity contribution in [2.24, 2.45) is 0 Å². The molecule has 0 saturated heterocycles. The van der Waals surface area contributed by atoms with E-state index < -0.39 is 0 Å². The molecule has 100 valence electrons. The van der Waals surface area contributed by atoms with Crippen LogP contribution in [0.5, 0.6) is 5.88 Å². The summed E-state index contributed by atoms with van der Waals surface area (Å²) in [5.41, 5.74) is 1.91. The fourth-order valence-electron chi connectivity index (χ4n) is 1.47. The second kappa shape index (κ2) is 6.29. The van der Waals surface area contributed by atoms with Crippen LogP contribution in [0.3, 0.4) is 0 Å². The third kappa shape index (κ3) is 3.78. The summed E-state index contributed by atoms with van der Waals surface area (Å²) in [6, 6.07) is 10.2. The number of nitrogens with one attached hydrogen (secondary N) is 1. The number of carbonyl (C=O) groups is 1. The van der Waals surface area contributed by atoms with Crippen LogP contribution < -0.4 is 10.1 Å². The van der Waals surface area contributed by atoms with Gasteiger partial charge in [0.05, 0.1) is 11.6 Å². The summed E-state index contributed by atoms with van der Waals surface area (Å²) in [6.45, 7) is 1.67. The van der Waals surface area contributed by atoms with Gasteiger partial charge in [0, 0.05) is 17.4 Å². The van der Waals surface area contributed by atoms with Crippen molar-refractivity contribution in [1.29, 1.82) is 5.26 Å². The molecule has 0 unspecified atom stereocenters. The third-order valence-corrected chi connectivity index (χ3v) is 2.43. The number of hydrogen-bond donors (Lipinski definition) is 1. The SMILES string of the molecule is Cc1cc(OCC(=O)Nc2ccc(C#N)cc2)ncn1. The molecule has 0 bridgehead atoms. The molecule has 1 amide bonds. The van der Waals surface area contributed by atoms with E-state index in [0.29, 0.717) is 17.1 Å². The van der Waals surface area contributed by atoms with E-state index in [4.69, 9.17) is 10.00 Å². The maximum atomic E-state index is 11.7. The molecule has 1 aromatic heterocycles. The predicted octanol–water partition coefficient (Wildman–Crippen LogP) is 1.67. The first-order valence-corrected chi connectivity index (χ1v) is 5.89. The molecule has 20 heavy (non-hydrogen) atoms. The molecule has 6 nitrogen and oxygen atoms in total. The third-order valence-electron chi connectivity index (χ3n) is 2.43. The van der Waals surface area contributed by atoms with E-state index in [1.54, 1.807) is 30.3 Å². The van der Waals surface area contributed by atoms with Gasteiger partial charge in [-0.1, -0.05) is 0 Å². The van der Waals surface area contributed by atoms with Gasteiger partial charge < -0.3 is 10.1 Å². The van der Waals surface area contributed by atoms with Gasteiger partial charge in [-0.2, -0.15) is 5.26 Å². The van der Waals surface area contributed by atoms with Crippen LogP contribution in [0.15, 0.2) is 36.7 Å². The summed E-state index contributed by atoms with van der Waals surface area (Å²) in [6.07, 6.45) is 1.38. The maximum Gasteiger partial charge on any atom is 0.262 e. The molecular formula is C14H12N4O2. The van der Waals surface area contributed by atoms with Gasteiger partial charge in [0.2, 0.25) is 5.88 Å². The Morgan fingerprint density at radius 3 is 2.75 bits per heavy atom. The summed E-state index contributed by atoms with van der Waals surface area (Å²) < 4.78 is 5.25. The molecule has 0 fully saturated rings. The zero-order chi connectivity index (χ0) is 14.4. The van der Waals surface area contributed by atoms with Crippen molar-refractivity contribution in [1.82, 2.24) is 9.97 Å². The fourth-order valence-corrected chi connectivity index (χ4v) is 1.47. The topological polar surface area (TPSA) is 87.9 Å². The second-order valence-corrected chi connectivity index (χ2v) is 4.02. The molecule has 2 rings (SSSR count). The summed E-state index contributed by atoms with van der Waals surface area (Å²) in [7, 11) is 0. The minimum absolute atomic E-state index is 0.142. The van der Waals surface area contributed by atoms with Gasteiger partial charge in [-0.3, -0.25) is 4.79 Å². The van der Waals surface area contributed by atoms with E-state index in [0.717, 1.165) is 5.69 Å². The zero-order valence-corrected chi connectivity index (χ0v) is 10.8. The number of rotatable bonds is 4. The Hall–Kier alpha value is -2.94. The molecule has 1 N–H and O–H groups in total. The Labute approximate surface area is 116 Å². The van der Waals surface area contributed by atoms with Crippen LogP contribution in [0.25, 0.3) is 0 Å². The minimum atomic E-state index is -0.300. The number of aryl methyl sites for hydroxylation is 1. The summed E-state index contributed by atoms with van der Waals surface area (Å²) in [5.74, 6) is 0.0541. The Balaban J connectivity index is 1.87. The van der Waals surface area contributed by atoms with E-state index >= 15 is 0 Å². The Kier molecular flexibility index (Phi) is 4.24. The largest absolute Gasteiger partial charge is 0.467 e. The van der Waals surface area contributed by atoms with Gasteiger partial charge in [0.1, 0.15) is 6.33 Å². The molecule has 0 aliphatic rings. The van der Waals surface area contributed by atoms with Crippen LogP contribution >= 0.6 is 0 Å². The Bertz CT molecular complexity index is 647. The van der Waals surface area contributed by atoms with E-state index in [2.05, 4.69) is 15.3 Å². The molecule has 0 radical (unpaired) electrons. The quantitative estimate of drug-likeness (QED) is 0.911. The molecule has 1 aromatic carbocycles. The van der Waals surface area contributed by atoms with Crippen molar-refractivity contribution in [2.75, 3.05) is 11.9 Å². The number of aromatic nitrogens is 2. The lowest BCUT2D eigenvalue weighted by molar-refractivity contribution is -0.118. The molecule has 0 atom stereocenters. The lowest BCUT2D eigenvalue weighted by Gasteiger charge is -2.07. The van der Waals surface area contributed by atoms with Gasteiger partial charge in [-0.25, -0.2) is 9.97 Å². The molecular weight excluding hydrogens is 256 g/mol. The zero-order valence-electron chi connectivity index (χ0n) is 10.8. The van der Waals surface area contributed by atoms with E-state index in [1.807, 2.05) is 13.0 Å². The van der Waals surface area contributed by atoms with Gasteiger partial charge in [0.15, 0.2) is 6.61 Å². The van der Waals surface area contributed by atoms with Crippen LogP contribution in [0.4, 0.5) is 5.69 Å². The predicted molar refractivity (Wildman–Crippen MR) is 72.1 cm³/mol. The van der Waals surface area contributed by atoms with Gasteiger partial charge in [0.25, 0.3) is 5.91 Å². The first-order chi connectivity index (χ1) is 9.67. The molecule has 0 aliphatic heterocycles. The lowest BCUT2D eigenvalue weighted by Crippen LogP contribution is -2.20. The number of amides is 1. The Morgan fingerprint density at radius 1 is 1.35 bits per heavy atom. The number of nitrogens with zero attached hydrogens (tertiary/aromatic N) is 3. The average Bonchev–Trinajstić information content (AvgIpc) is 2.46. The van der Waals surface area contributed by atoms with Crippen molar-refractivity contribution in [3.63, 3.8) is 0 Å². The molecule has 0 saturated carbocycles. The van der Waals surface area contributed by atoms with Crippen molar-refractivity contribution in [3.8, 4) is 11.9 Å². The minimum Gasteiger partial charge on any atom is -0.467 e. The number of nitriles is 1. The van der Waals surface area contributed by atoms with Crippen molar-refractivity contribution < 1.29 is 9.53 Å². The number of hydrogen-bond acceptors (Lipinski definition) is 5. The normalized spacial score (nSPS) is 9.60. The molecule has 0 spiro atoms. The van der Waals surface area contributed by atoms with Crippen molar-refractivity contribution in [2.45, 2.75) is 6.92 Å². The number of carbonyl (C=O) groups excluding carboxylic acids is 1. The van der Waals surface area contributed by atoms with Gasteiger partial charge in [-0.05, 0) is 31.2 Å². The Morgan fingerprint density at radius 2 is 2.10 bits per heavy atom. The van der Waals surface area contributed by atoms with Gasteiger partial charge in [-0.15, -0.1) is 0 Å². The van der Waals surface area contributed by atoms with E-state index in [9.17, 15) is 4.79 Å². The molecule has 0 aliphatic carbocycles. The lowest BCUT2D eigenvalue weighted by atomic mass is 10.2. The van der Waals surface area contributed by atoms with Crippen LogP contribution in [0.1, 0.15) is 11.3 Å². The summed E-state index contributed by atoms with van der Waals surface area (Å²) in [5, 5.41) is 11.3. The standard InChI is InChI=1S/C14H12N4O2/c1-10-6-14(17-9-16-10)20-8-13(19)18-12-4-2-11(7-15)3-5-12/h2-6,9H,8H2,1H3,(H,18,19). The molecule has 6 heteroatoms. The van der Waals surface area contributed by atoms with Crippen molar-refractivity contribution >= 4 is 11.6 Å². The summed E-state index contributed by atoms with van der Waals surface area (Å²) in [4.78, 5) is 19.5. The van der Waals surface area contributed by atoms with E-state index in [1.165, 1.54) is 6.33 Å². The first-order valence-electron chi connectivity index (χ1n) is 5.89. The second-order valence-electron chi connectivity index (χ2n) is 4.02. The van der Waals surface area contributed by atoms with Crippen LogP contribution in [0, 0.1) is 18.3 Å². The first kappa shape index (κ1) is 13.5. The highest BCUT2D eigenvalue weighted by Crippen LogP contribution is 2.09. The molecule has 2 aromatic rings. The van der Waals surface area contributed by atoms with E-state index in [-0.39, 0.29) is 12.5 Å². The summed E-state index contributed by atoms with van der Waals surface area (Å²) >= 11 is 0. The molecule has 1 heterocycles. The van der Waals surface area contributed by atoms with Crippen LogP contribution in [-0.4, -0.2) is 22.5 Å². The van der Waals surface area contributed by atoms with Crippen LogP contribution in [-0.2, 0) is 4.79 Å². The van der Waals surface area contributed by atoms with Crippen molar-refractivity contribution in [3.05, 3.63) is 47.9 Å². The van der Waals surface area contributed by atoms with Gasteiger partial charge >= 0.3 is 0 Å². The highest BCUT2D eigenvalue weighted by Gasteiger charge is 2.04. The monoisotopic (exact) mass is 268 g/mol. The highest BCUT2D eigenvalue weighted by molar-refractivity contribution is 5.91.